The molecule has 140 valence electrons. The lowest BCUT2D eigenvalue weighted by Gasteiger charge is -2.28. The van der Waals surface area contributed by atoms with Crippen molar-refractivity contribution in [3.63, 3.8) is 0 Å². The van der Waals surface area contributed by atoms with Crippen LogP contribution in [0.2, 0.25) is 0 Å². The molecule has 1 N–H and O–H groups in total. The Morgan fingerprint density at radius 3 is 2.56 bits per heavy atom. The van der Waals surface area contributed by atoms with E-state index in [9.17, 15) is 17.6 Å². The Labute approximate surface area is 149 Å². The maximum Gasteiger partial charge on any atom is 0.256 e. The van der Waals surface area contributed by atoms with E-state index in [2.05, 4.69) is 5.32 Å². The van der Waals surface area contributed by atoms with E-state index >= 15 is 0 Å². The van der Waals surface area contributed by atoms with Crippen molar-refractivity contribution >= 4 is 15.9 Å². The van der Waals surface area contributed by atoms with Crippen molar-refractivity contribution in [2.75, 3.05) is 45.0 Å². The molecule has 1 heterocycles. The molecule has 0 saturated carbocycles. The predicted molar refractivity (Wildman–Crippen MR) is 95.4 cm³/mol. The smallest absolute Gasteiger partial charge is 0.256 e. The number of carbonyl (C=O) groups excluding carboxylic acids is 1. The van der Waals surface area contributed by atoms with Crippen LogP contribution in [0, 0.1) is 5.82 Å². The maximum absolute atomic E-state index is 13.9. The number of halogens is 1. The Bertz CT molecular complexity index is 675. The SMILES string of the molecule is CCCCN(CCS(=O)(=O)N1CCNCC1)C(=O)c1ccccc1F. The fraction of sp³-hybridized carbons (Fsp3) is 0.588. The van der Waals surface area contributed by atoms with Gasteiger partial charge >= 0.3 is 0 Å². The molecule has 1 aromatic rings. The largest absolute Gasteiger partial charge is 0.337 e. The zero-order valence-electron chi connectivity index (χ0n) is 14.6. The summed E-state index contributed by atoms with van der Waals surface area (Å²) >= 11 is 0. The summed E-state index contributed by atoms with van der Waals surface area (Å²) in [7, 11) is -3.42. The Morgan fingerprint density at radius 1 is 1.24 bits per heavy atom. The van der Waals surface area contributed by atoms with E-state index in [1.54, 1.807) is 6.07 Å². The molecule has 1 aliphatic heterocycles. The standard InChI is InChI=1S/C17H26FN3O3S/c1-2-3-10-20(17(22)15-6-4-5-7-16(15)18)13-14-25(23,24)21-11-8-19-9-12-21/h4-7,19H,2-3,8-14H2,1H3. The highest BCUT2D eigenvalue weighted by atomic mass is 32.2. The first-order chi connectivity index (χ1) is 12.0. The van der Waals surface area contributed by atoms with Gasteiger partial charge in [0.15, 0.2) is 0 Å². The maximum atomic E-state index is 13.9. The molecule has 0 unspecified atom stereocenters. The van der Waals surface area contributed by atoms with E-state index in [1.165, 1.54) is 27.4 Å². The second-order valence-electron chi connectivity index (χ2n) is 6.09. The van der Waals surface area contributed by atoms with Crippen LogP contribution in [0.1, 0.15) is 30.1 Å². The van der Waals surface area contributed by atoms with Gasteiger partial charge in [0.05, 0.1) is 11.3 Å². The molecule has 1 amide bonds. The monoisotopic (exact) mass is 371 g/mol. The molecule has 1 fully saturated rings. The number of rotatable bonds is 8. The molecule has 0 aliphatic carbocycles. The van der Waals surface area contributed by atoms with Crippen molar-refractivity contribution in [1.29, 1.82) is 0 Å². The van der Waals surface area contributed by atoms with E-state index < -0.39 is 21.7 Å². The van der Waals surface area contributed by atoms with Crippen LogP contribution in [0.3, 0.4) is 0 Å². The van der Waals surface area contributed by atoms with Crippen molar-refractivity contribution in [2.24, 2.45) is 0 Å². The van der Waals surface area contributed by atoms with Gasteiger partial charge in [0.2, 0.25) is 10.0 Å². The Kier molecular flexibility index (Phi) is 7.34. The topological polar surface area (TPSA) is 69.7 Å². The second-order valence-corrected chi connectivity index (χ2v) is 8.18. The molecule has 2 rings (SSSR count). The van der Waals surface area contributed by atoms with Crippen molar-refractivity contribution < 1.29 is 17.6 Å². The molecule has 25 heavy (non-hydrogen) atoms. The van der Waals surface area contributed by atoms with Crippen LogP contribution in [-0.2, 0) is 10.0 Å². The van der Waals surface area contributed by atoms with Gasteiger partial charge in [-0.15, -0.1) is 0 Å². The Hall–Kier alpha value is -1.51. The van der Waals surface area contributed by atoms with Crippen LogP contribution < -0.4 is 5.32 Å². The number of nitrogens with one attached hydrogen (secondary N) is 1. The molecular weight excluding hydrogens is 345 g/mol. The second kappa shape index (κ2) is 9.26. The zero-order chi connectivity index (χ0) is 18.3. The molecular formula is C17H26FN3O3S. The van der Waals surface area contributed by atoms with Crippen LogP contribution in [0.15, 0.2) is 24.3 Å². The van der Waals surface area contributed by atoms with Crippen molar-refractivity contribution in [2.45, 2.75) is 19.8 Å². The van der Waals surface area contributed by atoms with Gasteiger partial charge < -0.3 is 10.2 Å². The van der Waals surface area contributed by atoms with Crippen LogP contribution in [0.4, 0.5) is 4.39 Å². The predicted octanol–water partition coefficient (Wildman–Crippen LogP) is 1.30. The number of hydrogen-bond acceptors (Lipinski definition) is 4. The van der Waals surface area contributed by atoms with Crippen LogP contribution in [0.5, 0.6) is 0 Å². The third-order valence-corrected chi connectivity index (χ3v) is 6.11. The number of nitrogens with zero attached hydrogens (tertiary/aromatic N) is 2. The fourth-order valence-corrected chi connectivity index (χ4v) is 4.19. The number of piperazine rings is 1. The van der Waals surface area contributed by atoms with Gasteiger partial charge in [-0.1, -0.05) is 25.5 Å². The van der Waals surface area contributed by atoms with Crippen LogP contribution in [0.25, 0.3) is 0 Å². The molecule has 1 saturated heterocycles. The molecule has 1 aliphatic rings. The summed E-state index contributed by atoms with van der Waals surface area (Å²) < 4.78 is 40.3. The Morgan fingerprint density at radius 2 is 1.92 bits per heavy atom. The van der Waals surface area contributed by atoms with E-state index in [-0.39, 0.29) is 17.9 Å². The molecule has 0 spiro atoms. The summed E-state index contributed by atoms with van der Waals surface area (Å²) in [5.74, 6) is -1.18. The summed E-state index contributed by atoms with van der Waals surface area (Å²) in [6.07, 6.45) is 1.61. The lowest BCUT2D eigenvalue weighted by molar-refractivity contribution is 0.0758. The molecule has 0 aromatic heterocycles. The van der Waals surface area contributed by atoms with Gasteiger partial charge in [0, 0.05) is 39.3 Å². The van der Waals surface area contributed by atoms with E-state index in [0.29, 0.717) is 32.7 Å². The van der Waals surface area contributed by atoms with Gasteiger partial charge in [-0.3, -0.25) is 4.79 Å². The molecule has 6 nitrogen and oxygen atoms in total. The summed E-state index contributed by atoms with van der Waals surface area (Å²) in [6, 6.07) is 5.80. The van der Waals surface area contributed by atoms with Gasteiger partial charge in [0.1, 0.15) is 5.82 Å². The first kappa shape index (κ1) is 19.8. The highest BCUT2D eigenvalue weighted by Gasteiger charge is 2.26. The van der Waals surface area contributed by atoms with Gasteiger partial charge in [0.25, 0.3) is 5.91 Å². The summed E-state index contributed by atoms with van der Waals surface area (Å²) in [5, 5.41) is 3.11. The number of carbonyl (C=O) groups is 1. The number of amides is 1. The minimum Gasteiger partial charge on any atom is -0.337 e. The van der Waals surface area contributed by atoms with Gasteiger partial charge in [-0.2, -0.15) is 4.31 Å². The average molecular weight is 371 g/mol. The van der Waals surface area contributed by atoms with Gasteiger partial charge in [-0.05, 0) is 18.6 Å². The number of hydrogen-bond donors (Lipinski definition) is 1. The fourth-order valence-electron chi connectivity index (χ4n) is 2.75. The van der Waals surface area contributed by atoms with Gasteiger partial charge in [-0.25, -0.2) is 12.8 Å². The highest BCUT2D eigenvalue weighted by molar-refractivity contribution is 7.89. The number of unbranched alkanes of at least 4 members (excludes halogenated alkanes) is 1. The lowest BCUT2D eigenvalue weighted by Crippen LogP contribution is -2.48. The molecule has 0 atom stereocenters. The quantitative estimate of drug-likeness (QED) is 0.748. The van der Waals surface area contributed by atoms with Crippen LogP contribution >= 0.6 is 0 Å². The number of sulfonamides is 1. The minimum atomic E-state index is -3.42. The summed E-state index contributed by atoms with van der Waals surface area (Å²) in [6.45, 7) is 4.63. The molecule has 0 radical (unpaired) electrons. The Balaban J connectivity index is 2.07. The molecule has 0 bridgehead atoms. The summed E-state index contributed by atoms with van der Waals surface area (Å²) in [5.41, 5.74) is -0.0156. The zero-order valence-corrected chi connectivity index (χ0v) is 15.4. The first-order valence-corrected chi connectivity index (χ1v) is 10.3. The molecule has 1 aromatic carbocycles. The highest BCUT2D eigenvalue weighted by Crippen LogP contribution is 2.12. The van der Waals surface area contributed by atoms with E-state index in [0.717, 1.165) is 12.8 Å². The number of benzene rings is 1. The first-order valence-electron chi connectivity index (χ1n) is 8.68. The van der Waals surface area contributed by atoms with Crippen molar-refractivity contribution in [3.05, 3.63) is 35.6 Å². The summed E-state index contributed by atoms with van der Waals surface area (Å²) in [4.78, 5) is 14.1. The minimum absolute atomic E-state index is 0.0156. The normalized spacial score (nSPS) is 15.9. The molecule has 8 heteroatoms. The van der Waals surface area contributed by atoms with Crippen LogP contribution in [-0.4, -0.2) is 68.6 Å². The third kappa shape index (κ3) is 5.49. The lowest BCUT2D eigenvalue weighted by atomic mass is 10.1. The third-order valence-electron chi connectivity index (χ3n) is 4.26. The van der Waals surface area contributed by atoms with E-state index in [4.69, 9.17) is 0 Å². The average Bonchev–Trinajstić information content (AvgIpc) is 2.62. The van der Waals surface area contributed by atoms with Crippen molar-refractivity contribution in [1.82, 2.24) is 14.5 Å². The van der Waals surface area contributed by atoms with E-state index in [1.807, 2.05) is 6.92 Å². The van der Waals surface area contributed by atoms with Crippen molar-refractivity contribution in [3.8, 4) is 0 Å².